The first-order valence-electron chi connectivity index (χ1n) is 3.41. The van der Waals surface area contributed by atoms with Gasteiger partial charge in [-0.25, -0.2) is 0 Å². The van der Waals surface area contributed by atoms with E-state index in [1.807, 2.05) is 6.92 Å². The van der Waals surface area contributed by atoms with Crippen LogP contribution in [0.1, 0.15) is 5.56 Å². The Kier molecular flexibility index (Phi) is 3.67. The molecule has 0 bridgehead atoms. The highest BCUT2D eigenvalue weighted by atomic mass is 79.9. The van der Waals surface area contributed by atoms with E-state index in [0.717, 1.165) is 5.56 Å². The van der Waals surface area contributed by atoms with Gasteiger partial charge in [-0.05, 0) is 56.5 Å². The molecule has 0 saturated carbocycles. The first kappa shape index (κ1) is 10.9. The molecule has 0 aliphatic heterocycles. The molecular formula is C8H6Br2F2O. The van der Waals surface area contributed by atoms with Gasteiger partial charge in [-0.1, -0.05) is 0 Å². The lowest BCUT2D eigenvalue weighted by molar-refractivity contribution is -0.0508. The molecule has 1 nitrogen and oxygen atoms in total. The van der Waals surface area contributed by atoms with Crippen molar-refractivity contribution in [3.05, 3.63) is 26.6 Å². The highest BCUT2D eigenvalue weighted by Crippen LogP contribution is 2.35. The Hall–Kier alpha value is -0.160. The summed E-state index contributed by atoms with van der Waals surface area (Å²) in [6, 6.07) is 3.42. The van der Waals surface area contributed by atoms with Crippen LogP contribution in [0.15, 0.2) is 21.1 Å². The Labute approximate surface area is 91.3 Å². The van der Waals surface area contributed by atoms with Gasteiger partial charge in [-0.15, -0.1) is 0 Å². The highest BCUT2D eigenvalue weighted by molar-refractivity contribution is 9.11. The van der Waals surface area contributed by atoms with Gasteiger partial charge >= 0.3 is 6.61 Å². The summed E-state index contributed by atoms with van der Waals surface area (Å²) in [5.41, 5.74) is 0.959. The second-order valence-corrected chi connectivity index (χ2v) is 4.14. The summed E-state index contributed by atoms with van der Waals surface area (Å²) >= 11 is 6.28. The zero-order valence-corrected chi connectivity index (χ0v) is 9.82. The molecule has 0 saturated heterocycles. The molecule has 1 rings (SSSR count). The van der Waals surface area contributed by atoms with Crippen molar-refractivity contribution in [3.63, 3.8) is 0 Å². The molecule has 0 N–H and O–H groups in total. The lowest BCUT2D eigenvalue weighted by Crippen LogP contribution is -2.03. The van der Waals surface area contributed by atoms with Crippen molar-refractivity contribution in [2.24, 2.45) is 0 Å². The molecule has 1 aromatic carbocycles. The summed E-state index contributed by atoms with van der Waals surface area (Å²) in [7, 11) is 0. The second kappa shape index (κ2) is 4.37. The average Bonchev–Trinajstić information content (AvgIpc) is 1.96. The van der Waals surface area contributed by atoms with Crippen LogP contribution in [0.4, 0.5) is 8.78 Å². The van der Waals surface area contributed by atoms with Crippen LogP contribution in [0.3, 0.4) is 0 Å². The monoisotopic (exact) mass is 314 g/mol. The number of benzene rings is 1. The molecule has 0 fully saturated rings. The van der Waals surface area contributed by atoms with E-state index in [9.17, 15) is 8.78 Å². The van der Waals surface area contributed by atoms with Gasteiger partial charge in [0.15, 0.2) is 5.75 Å². The molecule has 0 aromatic heterocycles. The summed E-state index contributed by atoms with van der Waals surface area (Å²) in [4.78, 5) is 0. The standard InChI is InChI=1S/C8H6Br2F2O/c1-4-2-5(9)7(6(10)3-4)13-8(11)12/h2-3,8H,1H3. The lowest BCUT2D eigenvalue weighted by Gasteiger charge is -2.09. The molecule has 72 valence electrons. The van der Waals surface area contributed by atoms with E-state index in [1.165, 1.54) is 0 Å². The minimum atomic E-state index is -2.81. The Bertz CT molecular complexity index is 292. The van der Waals surface area contributed by atoms with Crippen LogP contribution in [-0.2, 0) is 0 Å². The van der Waals surface area contributed by atoms with Crippen LogP contribution in [0.2, 0.25) is 0 Å². The Morgan fingerprint density at radius 2 is 1.69 bits per heavy atom. The average molecular weight is 316 g/mol. The minimum absolute atomic E-state index is 0.126. The zero-order chi connectivity index (χ0) is 10.0. The molecular weight excluding hydrogens is 310 g/mol. The molecule has 0 unspecified atom stereocenters. The summed E-state index contributed by atoms with van der Waals surface area (Å²) in [6.45, 7) is -0.947. The maximum absolute atomic E-state index is 11.9. The van der Waals surface area contributed by atoms with Crippen LogP contribution >= 0.6 is 31.9 Å². The summed E-state index contributed by atoms with van der Waals surface area (Å²) < 4.78 is 29.2. The van der Waals surface area contributed by atoms with E-state index in [-0.39, 0.29) is 5.75 Å². The van der Waals surface area contributed by atoms with Crippen molar-refractivity contribution in [3.8, 4) is 5.75 Å². The van der Waals surface area contributed by atoms with Gasteiger partial charge in [0.05, 0.1) is 8.95 Å². The molecule has 13 heavy (non-hydrogen) atoms. The van der Waals surface area contributed by atoms with Gasteiger partial charge in [-0.2, -0.15) is 8.78 Å². The smallest absolute Gasteiger partial charge is 0.387 e. The van der Waals surface area contributed by atoms with E-state index in [0.29, 0.717) is 8.95 Å². The maximum atomic E-state index is 11.9. The molecule has 0 aliphatic rings. The van der Waals surface area contributed by atoms with Crippen molar-refractivity contribution < 1.29 is 13.5 Å². The van der Waals surface area contributed by atoms with Gasteiger partial charge in [-0.3, -0.25) is 0 Å². The van der Waals surface area contributed by atoms with Gasteiger partial charge < -0.3 is 4.74 Å². The number of ether oxygens (including phenoxy) is 1. The van der Waals surface area contributed by atoms with Crippen molar-refractivity contribution in [2.45, 2.75) is 13.5 Å². The quantitative estimate of drug-likeness (QED) is 0.797. The zero-order valence-electron chi connectivity index (χ0n) is 6.65. The number of alkyl halides is 2. The largest absolute Gasteiger partial charge is 0.432 e. The molecule has 0 spiro atoms. The van der Waals surface area contributed by atoms with E-state index < -0.39 is 6.61 Å². The topological polar surface area (TPSA) is 9.23 Å². The fraction of sp³-hybridized carbons (Fsp3) is 0.250. The summed E-state index contributed by atoms with van der Waals surface area (Å²) in [5, 5.41) is 0. The van der Waals surface area contributed by atoms with Crippen molar-refractivity contribution in [2.75, 3.05) is 0 Å². The summed E-state index contributed by atoms with van der Waals surface area (Å²) in [5.74, 6) is 0.126. The fourth-order valence-electron chi connectivity index (χ4n) is 0.888. The third-order valence-corrected chi connectivity index (χ3v) is 2.53. The molecule has 0 atom stereocenters. The third kappa shape index (κ3) is 2.91. The van der Waals surface area contributed by atoms with Crippen LogP contribution in [0, 0.1) is 6.92 Å². The van der Waals surface area contributed by atoms with Crippen LogP contribution < -0.4 is 4.74 Å². The first-order valence-corrected chi connectivity index (χ1v) is 4.99. The second-order valence-electron chi connectivity index (χ2n) is 2.44. The van der Waals surface area contributed by atoms with Crippen molar-refractivity contribution in [1.82, 2.24) is 0 Å². The van der Waals surface area contributed by atoms with Crippen molar-refractivity contribution >= 4 is 31.9 Å². The van der Waals surface area contributed by atoms with Gasteiger partial charge in [0, 0.05) is 0 Å². The molecule has 0 heterocycles. The van der Waals surface area contributed by atoms with E-state index in [1.54, 1.807) is 12.1 Å². The van der Waals surface area contributed by atoms with E-state index in [2.05, 4.69) is 36.6 Å². The van der Waals surface area contributed by atoms with Gasteiger partial charge in [0.1, 0.15) is 0 Å². The number of hydrogen-bond acceptors (Lipinski definition) is 1. The molecule has 0 aliphatic carbocycles. The van der Waals surface area contributed by atoms with Crippen molar-refractivity contribution in [1.29, 1.82) is 0 Å². The number of aryl methyl sites for hydroxylation is 1. The lowest BCUT2D eigenvalue weighted by atomic mass is 10.2. The number of rotatable bonds is 2. The van der Waals surface area contributed by atoms with Gasteiger partial charge in [0.2, 0.25) is 0 Å². The number of hydrogen-bond donors (Lipinski definition) is 0. The normalized spacial score (nSPS) is 10.6. The number of halogens is 4. The minimum Gasteiger partial charge on any atom is -0.432 e. The molecule has 5 heteroatoms. The highest BCUT2D eigenvalue weighted by Gasteiger charge is 2.12. The van der Waals surface area contributed by atoms with E-state index in [4.69, 9.17) is 0 Å². The fourth-order valence-corrected chi connectivity index (χ4v) is 2.49. The predicted octanol–water partition coefficient (Wildman–Crippen LogP) is 4.12. The SMILES string of the molecule is Cc1cc(Br)c(OC(F)F)c(Br)c1. The maximum Gasteiger partial charge on any atom is 0.387 e. The Balaban J connectivity index is 3.06. The molecule has 0 amide bonds. The van der Waals surface area contributed by atoms with Crippen LogP contribution in [0.25, 0.3) is 0 Å². The first-order chi connectivity index (χ1) is 6.00. The predicted molar refractivity (Wildman–Crippen MR) is 53.2 cm³/mol. The van der Waals surface area contributed by atoms with Crippen LogP contribution in [-0.4, -0.2) is 6.61 Å². The Morgan fingerprint density at radius 3 is 2.08 bits per heavy atom. The van der Waals surface area contributed by atoms with Crippen LogP contribution in [0.5, 0.6) is 5.75 Å². The van der Waals surface area contributed by atoms with Gasteiger partial charge in [0.25, 0.3) is 0 Å². The summed E-state index contributed by atoms with van der Waals surface area (Å²) in [6.07, 6.45) is 0. The molecule has 1 aromatic rings. The van der Waals surface area contributed by atoms with E-state index >= 15 is 0 Å². The third-order valence-electron chi connectivity index (χ3n) is 1.35. The Morgan fingerprint density at radius 1 is 1.23 bits per heavy atom. The molecule has 0 radical (unpaired) electrons.